The smallest absolute Gasteiger partial charge is 0.185 e. The largest absolute Gasteiger partial charge is 0.348 e. The lowest BCUT2D eigenvalue weighted by Crippen LogP contribution is -2.46. The van der Waals surface area contributed by atoms with Crippen LogP contribution >= 0.6 is 11.3 Å². The molecule has 0 radical (unpaired) electrons. The predicted molar refractivity (Wildman–Crippen MR) is 108 cm³/mol. The molecule has 3 heterocycles. The summed E-state index contributed by atoms with van der Waals surface area (Å²) in [5.41, 5.74) is 2.62. The summed E-state index contributed by atoms with van der Waals surface area (Å²) in [5.74, 6) is 0.990. The number of nitrogens with zero attached hydrogens (tertiary/aromatic N) is 3. The number of hydrogen-bond donors (Lipinski definition) is 0. The molecule has 1 aliphatic carbocycles. The van der Waals surface area contributed by atoms with Crippen molar-refractivity contribution in [1.29, 1.82) is 0 Å². The van der Waals surface area contributed by atoms with Gasteiger partial charge in [-0.3, -0.25) is 0 Å². The van der Waals surface area contributed by atoms with Crippen LogP contribution in [0.3, 0.4) is 0 Å². The minimum Gasteiger partial charge on any atom is -0.348 e. The molecule has 0 amide bonds. The van der Waals surface area contributed by atoms with Crippen molar-refractivity contribution < 1.29 is 0 Å². The number of likely N-dealkylation sites (tertiary alicyclic amines) is 1. The van der Waals surface area contributed by atoms with Crippen molar-refractivity contribution in [3.8, 4) is 0 Å². The van der Waals surface area contributed by atoms with Gasteiger partial charge in [0.05, 0.1) is 5.69 Å². The van der Waals surface area contributed by atoms with Crippen LogP contribution in [0.1, 0.15) is 57.6 Å². The van der Waals surface area contributed by atoms with Crippen molar-refractivity contribution >= 4 is 16.5 Å². The number of aromatic nitrogens is 1. The van der Waals surface area contributed by atoms with Crippen molar-refractivity contribution in [1.82, 2.24) is 9.88 Å². The highest BCUT2D eigenvalue weighted by Gasteiger charge is 2.27. The second-order valence-corrected chi connectivity index (χ2v) is 8.86. The number of piperidine rings is 2. The molecule has 4 heteroatoms. The number of anilines is 1. The summed E-state index contributed by atoms with van der Waals surface area (Å²) in [6, 6.07) is 0.810. The molecule has 0 saturated carbocycles. The van der Waals surface area contributed by atoms with E-state index < -0.39 is 0 Å². The van der Waals surface area contributed by atoms with Crippen LogP contribution in [0.4, 0.5) is 5.13 Å². The highest BCUT2D eigenvalue weighted by molar-refractivity contribution is 7.13. The van der Waals surface area contributed by atoms with Crippen molar-refractivity contribution in [2.45, 2.75) is 57.9 Å². The minimum absolute atomic E-state index is 0.445. The van der Waals surface area contributed by atoms with Gasteiger partial charge in [-0.1, -0.05) is 37.1 Å². The van der Waals surface area contributed by atoms with Crippen LogP contribution in [0.15, 0.2) is 29.2 Å². The fourth-order valence-corrected chi connectivity index (χ4v) is 5.47. The van der Waals surface area contributed by atoms with Crippen LogP contribution in [0.25, 0.3) is 0 Å². The van der Waals surface area contributed by atoms with Crippen molar-refractivity contribution in [3.63, 3.8) is 0 Å². The molecule has 4 rings (SSSR count). The van der Waals surface area contributed by atoms with Gasteiger partial charge in [0.25, 0.3) is 0 Å². The lowest BCUT2D eigenvalue weighted by Gasteiger charge is -2.40. The van der Waals surface area contributed by atoms with Gasteiger partial charge in [0.1, 0.15) is 0 Å². The Balaban J connectivity index is 1.37. The Morgan fingerprint density at radius 2 is 1.84 bits per heavy atom. The van der Waals surface area contributed by atoms with Gasteiger partial charge in [0.15, 0.2) is 5.13 Å². The Hall–Kier alpha value is -1.13. The fraction of sp³-hybridized carbons (Fsp3) is 0.667. The quantitative estimate of drug-likeness (QED) is 0.772. The van der Waals surface area contributed by atoms with Gasteiger partial charge in [-0.25, -0.2) is 4.98 Å². The van der Waals surface area contributed by atoms with E-state index in [1.165, 1.54) is 74.7 Å². The molecule has 0 N–H and O–H groups in total. The van der Waals surface area contributed by atoms with Crippen LogP contribution in [0.5, 0.6) is 0 Å². The summed E-state index contributed by atoms with van der Waals surface area (Å²) in [5, 5.41) is 3.52. The molecule has 0 aromatic carbocycles. The first-order valence-corrected chi connectivity index (χ1v) is 10.9. The highest BCUT2D eigenvalue weighted by Crippen LogP contribution is 2.35. The maximum absolute atomic E-state index is 5.03. The lowest BCUT2D eigenvalue weighted by atomic mass is 9.85. The van der Waals surface area contributed by atoms with Crippen molar-refractivity contribution in [2.24, 2.45) is 5.92 Å². The van der Waals surface area contributed by atoms with E-state index in [-0.39, 0.29) is 0 Å². The van der Waals surface area contributed by atoms with E-state index in [2.05, 4.69) is 47.3 Å². The van der Waals surface area contributed by atoms with Gasteiger partial charge < -0.3 is 9.80 Å². The molecule has 2 saturated heterocycles. The number of allylic oxidation sites excluding steroid dienone is 4. The van der Waals surface area contributed by atoms with E-state index >= 15 is 0 Å². The topological polar surface area (TPSA) is 19.4 Å². The summed E-state index contributed by atoms with van der Waals surface area (Å²) in [4.78, 5) is 10.3. The first-order valence-electron chi connectivity index (χ1n) is 10.0. The Kier molecular flexibility index (Phi) is 5.28. The molecule has 1 aromatic heterocycles. The molecule has 0 spiro atoms. The average molecular weight is 358 g/mol. The first kappa shape index (κ1) is 17.3. The van der Waals surface area contributed by atoms with Crippen molar-refractivity contribution in [2.75, 3.05) is 31.1 Å². The van der Waals surface area contributed by atoms with Gasteiger partial charge in [-0.05, 0) is 51.6 Å². The number of hydrogen-bond acceptors (Lipinski definition) is 4. The van der Waals surface area contributed by atoms with Gasteiger partial charge >= 0.3 is 0 Å². The Labute approximate surface area is 156 Å². The second kappa shape index (κ2) is 7.63. The third kappa shape index (κ3) is 3.85. The zero-order valence-corrected chi connectivity index (χ0v) is 16.5. The molecule has 3 nitrogen and oxygen atoms in total. The zero-order chi connectivity index (χ0) is 17.2. The molecule has 3 aliphatic rings. The molecule has 2 unspecified atom stereocenters. The molecule has 2 atom stereocenters. The SMILES string of the molecule is CC1=CC(c2csc(N3CCC(N4CCCCC4)CC3)n2)C(C)C=C1. The van der Waals surface area contributed by atoms with Crippen LogP contribution in [0, 0.1) is 5.92 Å². The molecule has 2 fully saturated rings. The summed E-state index contributed by atoms with van der Waals surface area (Å²) in [7, 11) is 0. The van der Waals surface area contributed by atoms with Gasteiger partial charge in [-0.2, -0.15) is 0 Å². The predicted octanol–water partition coefficient (Wildman–Crippen LogP) is 4.83. The lowest BCUT2D eigenvalue weighted by molar-refractivity contribution is 0.141. The van der Waals surface area contributed by atoms with Gasteiger partial charge in [-0.15, -0.1) is 11.3 Å². The maximum atomic E-state index is 5.03. The van der Waals surface area contributed by atoms with E-state index in [0.717, 1.165) is 6.04 Å². The standard InChI is InChI=1S/C21H31N3S/c1-16-6-7-17(2)19(14-16)20-15-25-21(22-20)24-12-8-18(9-13-24)23-10-4-3-5-11-23/h6-7,14-15,17-19H,3-5,8-13H2,1-2H3. The Morgan fingerprint density at radius 1 is 1.08 bits per heavy atom. The second-order valence-electron chi connectivity index (χ2n) is 8.02. The van der Waals surface area contributed by atoms with Crippen molar-refractivity contribution in [3.05, 3.63) is 34.9 Å². The van der Waals surface area contributed by atoms with Gasteiger partial charge in [0, 0.05) is 30.4 Å². The average Bonchev–Trinajstić information content (AvgIpc) is 3.14. The molecule has 136 valence electrons. The third-order valence-corrected chi connectivity index (χ3v) is 7.08. The normalized spacial score (nSPS) is 29.0. The number of rotatable bonds is 3. The summed E-state index contributed by atoms with van der Waals surface area (Å²) >= 11 is 1.84. The van der Waals surface area contributed by atoms with E-state index in [1.54, 1.807) is 0 Å². The third-order valence-electron chi connectivity index (χ3n) is 6.16. The van der Waals surface area contributed by atoms with Crippen LogP contribution in [-0.2, 0) is 0 Å². The maximum Gasteiger partial charge on any atom is 0.185 e. The highest BCUT2D eigenvalue weighted by atomic mass is 32.1. The van der Waals surface area contributed by atoms with Crippen LogP contribution < -0.4 is 4.90 Å². The minimum atomic E-state index is 0.445. The zero-order valence-electron chi connectivity index (χ0n) is 15.7. The molecular weight excluding hydrogens is 326 g/mol. The fourth-order valence-electron chi connectivity index (χ4n) is 4.55. The Bertz CT molecular complexity index is 633. The van der Waals surface area contributed by atoms with Crippen LogP contribution in [-0.4, -0.2) is 42.1 Å². The monoisotopic (exact) mass is 357 g/mol. The first-order chi connectivity index (χ1) is 12.2. The molecule has 25 heavy (non-hydrogen) atoms. The molecule has 0 bridgehead atoms. The Morgan fingerprint density at radius 3 is 2.60 bits per heavy atom. The van der Waals surface area contributed by atoms with Gasteiger partial charge in [0.2, 0.25) is 0 Å². The molecule has 1 aromatic rings. The summed E-state index contributed by atoms with van der Waals surface area (Å²) in [6.07, 6.45) is 13.8. The summed E-state index contributed by atoms with van der Waals surface area (Å²) in [6.45, 7) is 9.48. The number of thiazole rings is 1. The van der Waals surface area contributed by atoms with E-state index in [1.807, 2.05) is 11.3 Å². The molecular formula is C21H31N3S. The van der Waals surface area contributed by atoms with Crippen LogP contribution in [0.2, 0.25) is 0 Å². The molecule has 2 aliphatic heterocycles. The summed E-state index contributed by atoms with van der Waals surface area (Å²) < 4.78 is 0. The van der Waals surface area contributed by atoms with E-state index in [0.29, 0.717) is 11.8 Å². The van der Waals surface area contributed by atoms with E-state index in [4.69, 9.17) is 4.98 Å². The van der Waals surface area contributed by atoms with E-state index in [9.17, 15) is 0 Å².